The average molecular weight is 262 g/mol. The molecule has 3 atom stereocenters. The maximum Gasteiger partial charge on any atom is 0.424 e. The highest BCUT2D eigenvalue weighted by Gasteiger charge is 2.34. The van der Waals surface area contributed by atoms with E-state index in [4.69, 9.17) is 21.7 Å². The second kappa shape index (κ2) is 6.32. The Labute approximate surface area is 104 Å². The number of morpholine rings is 1. The molecule has 1 saturated heterocycles. The van der Waals surface area contributed by atoms with Gasteiger partial charge in [0.05, 0.1) is 12.6 Å². The monoisotopic (exact) mass is 262 g/mol. The third-order valence-electron chi connectivity index (χ3n) is 2.55. The highest BCUT2D eigenvalue weighted by atomic mass is 31.2. The van der Waals surface area contributed by atoms with Gasteiger partial charge < -0.3 is 4.74 Å². The molecule has 0 saturated carbocycles. The van der Waals surface area contributed by atoms with Crippen molar-refractivity contribution >= 4 is 15.6 Å². The zero-order valence-electron chi connectivity index (χ0n) is 10.8. The molecule has 1 rings (SSSR count). The quantitative estimate of drug-likeness (QED) is 0.540. The van der Waals surface area contributed by atoms with E-state index in [1.807, 2.05) is 6.92 Å². The van der Waals surface area contributed by atoms with Crippen LogP contribution in [0.25, 0.3) is 0 Å². The lowest BCUT2D eigenvalue weighted by molar-refractivity contribution is -0.167. The van der Waals surface area contributed by atoms with E-state index in [0.29, 0.717) is 13.1 Å². The molecule has 0 aromatic heterocycles. The molecule has 98 valence electrons. The predicted octanol–water partition coefficient (Wildman–Crippen LogP) is 0.839. The molecule has 1 aliphatic rings. The summed E-state index contributed by atoms with van der Waals surface area (Å²) in [6, 6.07) is -0.429. The van der Waals surface area contributed by atoms with Crippen LogP contribution in [-0.2, 0) is 18.5 Å². The molecule has 0 bridgehead atoms. The van der Waals surface area contributed by atoms with Gasteiger partial charge in [0, 0.05) is 19.7 Å². The maximum absolute atomic E-state index is 12.2. The molecule has 0 aliphatic carbocycles. The lowest BCUT2D eigenvalue weighted by Crippen LogP contribution is -2.47. The Balaban J connectivity index is 2.64. The Morgan fingerprint density at radius 3 is 2.65 bits per heavy atom. The van der Waals surface area contributed by atoms with Crippen molar-refractivity contribution in [3.05, 3.63) is 0 Å². The Hall–Kier alpha value is 0.0949. The average Bonchev–Trinajstić information content (AvgIpc) is 2.27. The van der Waals surface area contributed by atoms with Crippen LogP contribution in [0.4, 0.5) is 0 Å². The second-order valence-corrected chi connectivity index (χ2v) is 6.40. The molecule has 0 spiro atoms. The van der Waals surface area contributed by atoms with Crippen molar-refractivity contribution in [2.45, 2.75) is 25.5 Å². The smallest absolute Gasteiger partial charge is 0.382 e. The predicted molar refractivity (Wildman–Crippen MR) is 65.7 cm³/mol. The van der Waals surface area contributed by atoms with Gasteiger partial charge in [0.2, 0.25) is 0 Å². The van der Waals surface area contributed by atoms with E-state index < -0.39 is 13.7 Å². The number of ether oxygens (including phenoxy) is 1. The van der Waals surface area contributed by atoms with Gasteiger partial charge in [0.15, 0.2) is 0 Å². The van der Waals surface area contributed by atoms with E-state index >= 15 is 0 Å². The molecule has 0 aromatic rings. The summed E-state index contributed by atoms with van der Waals surface area (Å²) in [5, 5.41) is 1.56. The van der Waals surface area contributed by atoms with Crippen LogP contribution in [0.5, 0.6) is 0 Å². The van der Waals surface area contributed by atoms with Crippen molar-refractivity contribution in [2.24, 2.45) is 0 Å². The summed E-state index contributed by atoms with van der Waals surface area (Å²) in [6.45, 7) is 2.91. The highest BCUT2D eigenvalue weighted by molar-refractivity contribution is 7.51. The molecule has 0 aromatic carbocycles. The van der Waals surface area contributed by atoms with E-state index in [1.165, 1.54) is 11.8 Å². The standard InChI is InChI=1S/C9H20BN2O4P/c1-5-8-6-12(7-9(10)15-8)16-17(13,14-4)11(2)3/h8-9H,5-7H2,1-4H3/t8?,9-,17?/m1/s1. The minimum Gasteiger partial charge on any atom is -0.382 e. The zero-order chi connectivity index (χ0) is 13.1. The van der Waals surface area contributed by atoms with Gasteiger partial charge in [-0.05, 0) is 20.5 Å². The largest absolute Gasteiger partial charge is 0.424 e. The minimum absolute atomic E-state index is 0.00813. The number of hydroxylamine groups is 2. The summed E-state index contributed by atoms with van der Waals surface area (Å²) in [5.74, 6) is 0. The Kier molecular flexibility index (Phi) is 5.63. The van der Waals surface area contributed by atoms with E-state index in [-0.39, 0.29) is 6.10 Å². The molecular weight excluding hydrogens is 242 g/mol. The van der Waals surface area contributed by atoms with E-state index in [9.17, 15) is 4.57 Å². The normalized spacial score (nSPS) is 30.4. The minimum atomic E-state index is -3.26. The number of hydrogen-bond acceptors (Lipinski definition) is 5. The lowest BCUT2D eigenvalue weighted by Gasteiger charge is -2.37. The van der Waals surface area contributed by atoms with Crippen molar-refractivity contribution in [1.29, 1.82) is 0 Å². The number of nitrogens with zero attached hydrogens (tertiary/aromatic N) is 2. The SMILES string of the molecule is [B][C@H]1CN(OP(=O)(OC)N(C)C)CC(CC)O1. The Bertz CT molecular complexity index is 292. The third kappa shape index (κ3) is 4.05. The fourth-order valence-corrected chi connectivity index (χ4v) is 2.51. The van der Waals surface area contributed by atoms with Crippen molar-refractivity contribution in [2.75, 3.05) is 34.3 Å². The molecule has 2 radical (unpaired) electrons. The fourth-order valence-electron chi connectivity index (χ4n) is 1.54. The first-order valence-corrected chi connectivity index (χ1v) is 7.10. The van der Waals surface area contributed by atoms with Crippen LogP contribution in [-0.4, -0.2) is 64.0 Å². The lowest BCUT2D eigenvalue weighted by atomic mass is 9.98. The van der Waals surface area contributed by atoms with Gasteiger partial charge in [-0.2, -0.15) is 5.06 Å². The van der Waals surface area contributed by atoms with Crippen molar-refractivity contribution < 1.29 is 18.5 Å². The summed E-state index contributed by atoms with van der Waals surface area (Å²) >= 11 is 0. The Morgan fingerprint density at radius 1 is 1.53 bits per heavy atom. The van der Waals surface area contributed by atoms with Crippen LogP contribution in [0, 0.1) is 0 Å². The fraction of sp³-hybridized carbons (Fsp3) is 1.00. The molecule has 8 heteroatoms. The molecule has 0 amide bonds. The van der Waals surface area contributed by atoms with Crippen molar-refractivity contribution in [1.82, 2.24) is 9.73 Å². The molecule has 6 nitrogen and oxygen atoms in total. The zero-order valence-corrected chi connectivity index (χ0v) is 11.7. The summed E-state index contributed by atoms with van der Waals surface area (Å²) in [5.41, 5.74) is 0. The molecule has 1 aliphatic heterocycles. The number of rotatable bonds is 5. The summed E-state index contributed by atoms with van der Waals surface area (Å²) < 4.78 is 29.5. The van der Waals surface area contributed by atoms with Crippen LogP contribution in [0.3, 0.4) is 0 Å². The third-order valence-corrected chi connectivity index (χ3v) is 4.43. The van der Waals surface area contributed by atoms with Gasteiger partial charge in [0.1, 0.15) is 7.85 Å². The van der Waals surface area contributed by atoms with Crippen LogP contribution >= 0.6 is 7.75 Å². The molecule has 1 fully saturated rings. The van der Waals surface area contributed by atoms with Gasteiger partial charge in [-0.15, -0.1) is 0 Å². The molecule has 17 heavy (non-hydrogen) atoms. The van der Waals surface area contributed by atoms with Crippen LogP contribution in [0.1, 0.15) is 13.3 Å². The van der Waals surface area contributed by atoms with Crippen LogP contribution < -0.4 is 0 Å². The maximum atomic E-state index is 12.2. The first kappa shape index (κ1) is 15.2. The van der Waals surface area contributed by atoms with Gasteiger partial charge in [0.25, 0.3) is 0 Å². The molecule has 2 unspecified atom stereocenters. The highest BCUT2D eigenvalue weighted by Crippen LogP contribution is 2.50. The van der Waals surface area contributed by atoms with Crippen LogP contribution in [0.15, 0.2) is 0 Å². The molecular formula is C9H20BN2O4P. The van der Waals surface area contributed by atoms with Gasteiger partial charge in [-0.3, -0.25) is 4.52 Å². The summed E-state index contributed by atoms with van der Waals surface area (Å²) in [7, 11) is 7.12. The summed E-state index contributed by atoms with van der Waals surface area (Å²) in [6.07, 6.45) is 0.818. The van der Waals surface area contributed by atoms with Gasteiger partial charge >= 0.3 is 7.75 Å². The topological polar surface area (TPSA) is 51.2 Å². The van der Waals surface area contributed by atoms with Crippen LogP contribution in [0.2, 0.25) is 0 Å². The Morgan fingerprint density at radius 2 is 2.18 bits per heavy atom. The first-order chi connectivity index (χ1) is 7.91. The molecule has 0 N–H and O–H groups in total. The van der Waals surface area contributed by atoms with Gasteiger partial charge in [-0.25, -0.2) is 13.9 Å². The number of hydrogen-bond donors (Lipinski definition) is 0. The summed E-state index contributed by atoms with van der Waals surface area (Å²) in [4.78, 5) is 0. The van der Waals surface area contributed by atoms with E-state index in [2.05, 4.69) is 0 Å². The van der Waals surface area contributed by atoms with Crippen molar-refractivity contribution in [3.63, 3.8) is 0 Å². The van der Waals surface area contributed by atoms with Gasteiger partial charge in [-0.1, -0.05) is 6.92 Å². The van der Waals surface area contributed by atoms with E-state index in [1.54, 1.807) is 19.2 Å². The second-order valence-electron chi connectivity index (χ2n) is 4.13. The molecule has 1 heterocycles. The van der Waals surface area contributed by atoms with E-state index in [0.717, 1.165) is 6.42 Å². The first-order valence-electron chi connectivity index (χ1n) is 5.60. The van der Waals surface area contributed by atoms with Crippen molar-refractivity contribution in [3.8, 4) is 0 Å².